The molecular weight excluding hydrogens is 163 g/mol. The van der Waals surface area contributed by atoms with E-state index in [1.807, 2.05) is 0 Å². The number of rotatable bonds is 0. The van der Waals surface area contributed by atoms with E-state index in [9.17, 15) is 0 Å². The lowest BCUT2D eigenvalue weighted by atomic mass is 13.0. The minimum absolute atomic E-state index is 0.552. The summed E-state index contributed by atoms with van der Waals surface area (Å²) < 4.78 is 3.75. The normalized spacial score (nSPS) is 22.0. The van der Waals surface area contributed by atoms with Crippen LogP contribution in [0.2, 0.25) is 0 Å². The van der Waals surface area contributed by atoms with Gasteiger partial charge in [-0.3, -0.25) is 0 Å². The fourth-order valence-corrected chi connectivity index (χ4v) is 1.18. The first kappa shape index (κ1) is 6.03. The largest absolute Gasteiger partial charge is 0.202 e. The van der Waals surface area contributed by atoms with Crippen LogP contribution >= 0.6 is 25.6 Å². The molecule has 0 unspecified atom stereocenters. The summed E-state index contributed by atoms with van der Waals surface area (Å²) in [7, 11) is 1.79. The van der Waals surface area contributed by atoms with Crippen molar-refractivity contribution in [1.29, 1.82) is 0 Å². The van der Waals surface area contributed by atoms with Gasteiger partial charge in [0.15, 0.2) is 17.0 Å². The Morgan fingerprint density at radius 2 is 1.50 bits per heavy atom. The summed E-state index contributed by atoms with van der Waals surface area (Å²) in [4.78, 5) is 14.3. The molecule has 0 saturated heterocycles. The molecule has 0 radical (unpaired) electrons. The van der Waals surface area contributed by atoms with Gasteiger partial charge in [-0.05, 0) is 0 Å². The van der Waals surface area contributed by atoms with E-state index in [2.05, 4.69) is 24.0 Å². The molecular formula is N5P3. The summed E-state index contributed by atoms with van der Waals surface area (Å²) in [5.74, 6) is 0. The lowest BCUT2D eigenvalue weighted by Crippen LogP contribution is -1.31. The summed E-state index contributed by atoms with van der Waals surface area (Å²) >= 11 is 0. The molecule has 0 aliphatic carbocycles. The first-order chi connectivity index (χ1) is 4.00. The van der Waals surface area contributed by atoms with Crippen LogP contribution in [0.15, 0.2) is 24.0 Å². The van der Waals surface area contributed by atoms with Gasteiger partial charge in [0, 0.05) is 0 Å². The quantitative estimate of drug-likeness (QED) is 0.490. The van der Waals surface area contributed by atoms with Crippen LogP contribution in [0, 0.1) is 0 Å². The summed E-state index contributed by atoms with van der Waals surface area (Å²) in [5.41, 5.74) is 0. The van der Waals surface area contributed by atoms with Crippen LogP contribution in [0.5, 0.6) is 0 Å². The van der Waals surface area contributed by atoms with Gasteiger partial charge in [-0.2, -0.15) is 4.52 Å². The Morgan fingerprint density at radius 3 is 2.50 bits per heavy atom. The Morgan fingerprint density at radius 1 is 0.750 bits per heavy atom. The van der Waals surface area contributed by atoms with Crippen molar-refractivity contribution in [2.24, 2.45) is 24.0 Å². The van der Waals surface area contributed by atoms with Crippen molar-refractivity contribution < 1.29 is 0 Å². The highest BCUT2D eigenvalue weighted by Gasteiger charge is 1.72. The number of nitrogens with zero attached hydrogens (tertiary/aromatic N) is 5. The maximum Gasteiger partial charge on any atom is 0.202 e. The average Bonchev–Trinajstić information content (AvgIpc) is 1.62. The van der Waals surface area contributed by atoms with Gasteiger partial charge >= 0.3 is 0 Å². The molecule has 1 rings (SSSR count). The minimum atomic E-state index is 0.552. The fraction of sp³-hybridized carbons (Fsp3) is 0. The van der Waals surface area contributed by atoms with Crippen molar-refractivity contribution in [1.82, 2.24) is 0 Å². The van der Waals surface area contributed by atoms with Crippen molar-refractivity contribution in [2.45, 2.75) is 0 Å². The lowest BCUT2D eigenvalue weighted by molar-refractivity contribution is 1.31. The van der Waals surface area contributed by atoms with E-state index < -0.39 is 0 Å². The molecule has 0 aromatic rings. The van der Waals surface area contributed by atoms with E-state index in [4.69, 9.17) is 0 Å². The minimum Gasteiger partial charge on any atom is -0.163 e. The SMILES string of the molecule is N1=NP=NP=NN=P1. The zero-order chi connectivity index (χ0) is 5.66. The van der Waals surface area contributed by atoms with Gasteiger partial charge in [0.2, 0.25) is 8.52 Å². The van der Waals surface area contributed by atoms with Crippen LogP contribution in [-0.2, 0) is 0 Å². The van der Waals surface area contributed by atoms with Crippen LogP contribution < -0.4 is 0 Å². The van der Waals surface area contributed by atoms with E-state index in [1.54, 1.807) is 0 Å². The summed E-state index contributed by atoms with van der Waals surface area (Å²) in [6.07, 6.45) is 0. The molecule has 0 aromatic carbocycles. The molecule has 8 heavy (non-hydrogen) atoms. The Balaban J connectivity index is 2.67. The molecule has 1 heterocycles. The first-order valence-electron chi connectivity index (χ1n) is 1.60. The topological polar surface area (TPSA) is 61.8 Å². The predicted octanol–water partition coefficient (Wildman–Crippen LogP) is 3.50. The van der Waals surface area contributed by atoms with Crippen LogP contribution in [0.3, 0.4) is 0 Å². The number of hydrogen-bond acceptors (Lipinski definition) is 5. The molecule has 8 heteroatoms. The molecule has 40 valence electrons. The van der Waals surface area contributed by atoms with Gasteiger partial charge in [0.1, 0.15) is 0 Å². The Hall–Kier alpha value is -0.100. The second-order valence-corrected chi connectivity index (χ2v) is 2.68. The molecule has 0 amide bonds. The molecule has 0 spiro atoms. The Kier molecular flexibility index (Phi) is 2.90. The van der Waals surface area contributed by atoms with E-state index in [0.717, 1.165) is 0 Å². The van der Waals surface area contributed by atoms with Crippen molar-refractivity contribution in [3.8, 4) is 0 Å². The average molecular weight is 163 g/mol. The molecule has 5 nitrogen and oxygen atoms in total. The molecule has 0 saturated carbocycles. The third-order valence-electron chi connectivity index (χ3n) is 0.320. The summed E-state index contributed by atoms with van der Waals surface area (Å²) in [5, 5.41) is 0. The molecule has 0 aromatic heterocycles. The highest BCUT2D eigenvalue weighted by atomic mass is 31.1. The van der Waals surface area contributed by atoms with Crippen molar-refractivity contribution in [3.63, 3.8) is 0 Å². The summed E-state index contributed by atoms with van der Waals surface area (Å²) in [6, 6.07) is 0. The number of hydrogen-bond donors (Lipinski definition) is 0. The van der Waals surface area contributed by atoms with Crippen molar-refractivity contribution in [2.75, 3.05) is 0 Å². The summed E-state index contributed by atoms with van der Waals surface area (Å²) in [6.45, 7) is 0. The molecule has 1 aliphatic heterocycles. The van der Waals surface area contributed by atoms with Gasteiger partial charge in [0.25, 0.3) is 0 Å². The first-order valence-corrected chi connectivity index (χ1v) is 4.00. The third-order valence-corrected chi connectivity index (χ3v) is 1.92. The van der Waals surface area contributed by atoms with E-state index >= 15 is 0 Å². The van der Waals surface area contributed by atoms with Crippen LogP contribution in [0.1, 0.15) is 0 Å². The molecule has 0 atom stereocenters. The van der Waals surface area contributed by atoms with E-state index in [1.165, 1.54) is 0 Å². The molecule has 0 N–H and O–H groups in total. The monoisotopic (exact) mass is 163 g/mol. The second kappa shape index (κ2) is 3.85. The van der Waals surface area contributed by atoms with E-state index in [0.29, 0.717) is 25.6 Å². The maximum atomic E-state index is 3.75. The van der Waals surface area contributed by atoms with Gasteiger partial charge in [0.05, 0.1) is 0 Å². The zero-order valence-electron chi connectivity index (χ0n) is 3.58. The van der Waals surface area contributed by atoms with Crippen molar-refractivity contribution >= 4 is 25.6 Å². The van der Waals surface area contributed by atoms with E-state index in [-0.39, 0.29) is 0 Å². The Bertz CT molecular complexity index is 109. The van der Waals surface area contributed by atoms with Gasteiger partial charge in [-0.1, -0.05) is 0 Å². The zero-order valence-corrected chi connectivity index (χ0v) is 6.26. The van der Waals surface area contributed by atoms with Gasteiger partial charge in [-0.25, -0.2) is 0 Å². The highest BCUT2D eigenvalue weighted by molar-refractivity contribution is 7.38. The van der Waals surface area contributed by atoms with Crippen LogP contribution in [0.25, 0.3) is 0 Å². The molecule has 1 aliphatic rings. The van der Waals surface area contributed by atoms with Crippen molar-refractivity contribution in [3.05, 3.63) is 0 Å². The fourth-order valence-electron chi connectivity index (χ4n) is 0.143. The molecule has 0 fully saturated rings. The predicted molar refractivity (Wildman–Crippen MR) is 32.9 cm³/mol. The standard InChI is InChI=1S/N5P3/c1-3-7-5-8-4-2-6-1. The highest BCUT2D eigenvalue weighted by Crippen LogP contribution is 2.20. The Labute approximate surface area is 50.4 Å². The molecule has 0 bridgehead atoms. The van der Waals surface area contributed by atoms with Crippen LogP contribution in [-0.4, -0.2) is 0 Å². The van der Waals surface area contributed by atoms with Gasteiger partial charge < -0.3 is 0 Å². The smallest absolute Gasteiger partial charge is 0.163 e. The lowest BCUT2D eigenvalue weighted by Gasteiger charge is -1.71. The maximum absolute atomic E-state index is 3.75. The van der Waals surface area contributed by atoms with Gasteiger partial charge in [-0.15, -0.1) is 19.5 Å². The van der Waals surface area contributed by atoms with Crippen LogP contribution in [0.4, 0.5) is 0 Å². The second-order valence-electron chi connectivity index (χ2n) is 0.716. The third kappa shape index (κ3) is 2.27.